The molecule has 1 aromatic heterocycles. The van der Waals surface area contributed by atoms with Gasteiger partial charge in [0.2, 0.25) is 5.75 Å². The second-order valence-corrected chi connectivity index (χ2v) is 4.39. The molecule has 0 aromatic carbocycles. The van der Waals surface area contributed by atoms with E-state index < -0.39 is 22.1 Å². The van der Waals surface area contributed by atoms with E-state index >= 15 is 0 Å². The van der Waals surface area contributed by atoms with Gasteiger partial charge in [-0.3, -0.25) is 24.3 Å². The molecule has 0 atom stereocenters. The fraction of sp³-hybridized carbons (Fsp3) is 0.500. The summed E-state index contributed by atoms with van der Waals surface area (Å²) in [4.78, 5) is 33.6. The Morgan fingerprint density at radius 3 is 2.55 bits per heavy atom. The van der Waals surface area contributed by atoms with Gasteiger partial charge in [0.1, 0.15) is 6.54 Å². The molecule has 0 N–H and O–H groups in total. The van der Waals surface area contributed by atoms with Gasteiger partial charge >= 0.3 is 17.2 Å². The van der Waals surface area contributed by atoms with Crippen LogP contribution in [-0.2, 0) is 16.1 Å². The molecule has 1 rings (SSSR count). The molecule has 0 spiro atoms. The normalized spacial score (nSPS) is 10.4. The summed E-state index contributed by atoms with van der Waals surface area (Å²) < 4.78 is 10.7. The fourth-order valence-electron chi connectivity index (χ4n) is 1.63. The Labute approximate surface area is 115 Å². The van der Waals surface area contributed by atoms with Crippen LogP contribution in [0.4, 0.5) is 5.69 Å². The van der Waals surface area contributed by atoms with E-state index in [-0.39, 0.29) is 18.4 Å². The van der Waals surface area contributed by atoms with E-state index in [0.29, 0.717) is 5.69 Å². The third kappa shape index (κ3) is 3.34. The smallest absolute Gasteiger partial charge is 0.375 e. The SMILES string of the molecule is COC(=O)Cn1c(C)cc(OC(C)C)c([N+](=O)[O-])c1=O. The Morgan fingerprint density at radius 2 is 2.10 bits per heavy atom. The van der Waals surface area contributed by atoms with Gasteiger partial charge in [0.15, 0.2) is 0 Å². The standard InChI is InChI=1S/C12H16N2O6/c1-7(2)20-9-5-8(3)13(6-10(15)19-4)12(16)11(9)14(17)18/h5,7H,6H2,1-4H3. The minimum Gasteiger partial charge on any atom is -0.484 e. The van der Waals surface area contributed by atoms with Gasteiger partial charge in [-0.15, -0.1) is 0 Å². The molecule has 0 fully saturated rings. The molecule has 8 nitrogen and oxygen atoms in total. The molecule has 8 heteroatoms. The van der Waals surface area contributed by atoms with Crippen molar-refractivity contribution in [3.05, 3.63) is 32.2 Å². The first-order valence-electron chi connectivity index (χ1n) is 5.90. The van der Waals surface area contributed by atoms with Crippen LogP contribution in [0, 0.1) is 17.0 Å². The molecule has 0 aliphatic heterocycles. The zero-order chi connectivity index (χ0) is 15.4. The lowest BCUT2D eigenvalue weighted by Crippen LogP contribution is -2.29. The summed E-state index contributed by atoms with van der Waals surface area (Å²) in [7, 11) is 1.17. The van der Waals surface area contributed by atoms with Gasteiger partial charge < -0.3 is 9.47 Å². The van der Waals surface area contributed by atoms with Crippen LogP contribution in [0.3, 0.4) is 0 Å². The molecule has 1 aromatic rings. The first kappa shape index (κ1) is 15.7. The van der Waals surface area contributed by atoms with Crippen LogP contribution in [0.15, 0.2) is 10.9 Å². The number of hydrogen-bond acceptors (Lipinski definition) is 6. The van der Waals surface area contributed by atoms with Crippen molar-refractivity contribution in [1.29, 1.82) is 0 Å². The quantitative estimate of drug-likeness (QED) is 0.454. The van der Waals surface area contributed by atoms with Gasteiger partial charge in [-0.05, 0) is 20.8 Å². The van der Waals surface area contributed by atoms with Gasteiger partial charge in [0, 0.05) is 11.8 Å². The summed E-state index contributed by atoms with van der Waals surface area (Å²) in [6.45, 7) is 4.56. The van der Waals surface area contributed by atoms with E-state index in [1.807, 2.05) is 0 Å². The number of hydrogen-bond donors (Lipinski definition) is 0. The number of ether oxygens (including phenoxy) is 2. The fourth-order valence-corrected chi connectivity index (χ4v) is 1.63. The summed E-state index contributed by atoms with van der Waals surface area (Å²) in [5, 5.41) is 11.0. The Kier molecular flexibility index (Phi) is 4.84. The zero-order valence-electron chi connectivity index (χ0n) is 11.7. The molecule has 0 aliphatic carbocycles. The molecule has 0 unspecified atom stereocenters. The molecule has 0 saturated heterocycles. The third-order valence-electron chi connectivity index (χ3n) is 2.51. The largest absolute Gasteiger partial charge is 0.484 e. The highest BCUT2D eigenvalue weighted by atomic mass is 16.6. The summed E-state index contributed by atoms with van der Waals surface area (Å²) in [6, 6.07) is 1.36. The van der Waals surface area contributed by atoms with Gasteiger partial charge in [-0.1, -0.05) is 0 Å². The number of rotatable bonds is 5. The Bertz CT molecular complexity index is 590. The van der Waals surface area contributed by atoms with Crippen LogP contribution in [0.5, 0.6) is 5.75 Å². The summed E-state index contributed by atoms with van der Waals surface area (Å²) in [6.07, 6.45) is -0.316. The maximum Gasteiger partial charge on any atom is 0.375 e. The minimum atomic E-state index is -0.893. The molecule has 0 saturated carbocycles. The molecule has 0 amide bonds. The maximum absolute atomic E-state index is 12.1. The molecule has 0 radical (unpaired) electrons. The molecule has 0 bridgehead atoms. The lowest BCUT2D eigenvalue weighted by atomic mass is 10.3. The second kappa shape index (κ2) is 6.18. The van der Waals surface area contributed by atoms with Crippen molar-refractivity contribution in [3.63, 3.8) is 0 Å². The highest BCUT2D eigenvalue weighted by Crippen LogP contribution is 2.25. The molecule has 1 heterocycles. The second-order valence-electron chi connectivity index (χ2n) is 4.39. The van der Waals surface area contributed by atoms with E-state index in [1.165, 1.54) is 13.2 Å². The van der Waals surface area contributed by atoms with Gasteiger partial charge in [-0.2, -0.15) is 0 Å². The number of esters is 1. The van der Waals surface area contributed by atoms with E-state index in [1.54, 1.807) is 20.8 Å². The number of pyridine rings is 1. The number of nitro groups is 1. The van der Waals surface area contributed by atoms with E-state index in [0.717, 1.165) is 4.57 Å². The van der Waals surface area contributed by atoms with Crippen LogP contribution in [0.25, 0.3) is 0 Å². The lowest BCUT2D eigenvalue weighted by molar-refractivity contribution is -0.387. The van der Waals surface area contributed by atoms with Crippen molar-refractivity contribution in [2.24, 2.45) is 0 Å². The average Bonchev–Trinajstić information content (AvgIpc) is 2.32. The van der Waals surface area contributed by atoms with Crippen molar-refractivity contribution in [3.8, 4) is 5.75 Å². The van der Waals surface area contributed by atoms with Gasteiger partial charge in [0.05, 0.1) is 18.1 Å². The lowest BCUT2D eigenvalue weighted by Gasteiger charge is -2.13. The van der Waals surface area contributed by atoms with Crippen molar-refractivity contribution < 1.29 is 19.2 Å². The van der Waals surface area contributed by atoms with Crippen LogP contribution >= 0.6 is 0 Å². The van der Waals surface area contributed by atoms with Gasteiger partial charge in [-0.25, -0.2) is 0 Å². The van der Waals surface area contributed by atoms with E-state index in [4.69, 9.17) is 4.74 Å². The summed E-state index contributed by atoms with van der Waals surface area (Å²) in [5.41, 5.74) is -1.20. The van der Waals surface area contributed by atoms with Crippen LogP contribution < -0.4 is 10.3 Å². The summed E-state index contributed by atoms with van der Waals surface area (Å²) >= 11 is 0. The topological polar surface area (TPSA) is 101 Å². The minimum absolute atomic E-state index is 0.103. The molecule has 0 aliphatic rings. The van der Waals surface area contributed by atoms with Gasteiger partial charge in [0.25, 0.3) is 0 Å². The maximum atomic E-state index is 12.1. The van der Waals surface area contributed by atoms with Crippen molar-refractivity contribution >= 4 is 11.7 Å². The van der Waals surface area contributed by atoms with Crippen LogP contribution in [-0.4, -0.2) is 28.7 Å². The number of nitrogens with zero attached hydrogens (tertiary/aromatic N) is 2. The Hall–Kier alpha value is -2.38. The number of methoxy groups -OCH3 is 1. The van der Waals surface area contributed by atoms with E-state index in [9.17, 15) is 19.7 Å². The highest BCUT2D eigenvalue weighted by Gasteiger charge is 2.26. The van der Waals surface area contributed by atoms with Crippen LogP contribution in [0.1, 0.15) is 19.5 Å². The predicted octanol–water partition coefficient (Wildman–Crippen LogP) is 1.03. The van der Waals surface area contributed by atoms with Crippen LogP contribution in [0.2, 0.25) is 0 Å². The Morgan fingerprint density at radius 1 is 1.50 bits per heavy atom. The molecule has 110 valence electrons. The molecular weight excluding hydrogens is 268 g/mol. The molecular formula is C12H16N2O6. The predicted molar refractivity (Wildman–Crippen MR) is 69.9 cm³/mol. The Balaban J connectivity index is 3.44. The molecule has 20 heavy (non-hydrogen) atoms. The number of aromatic nitrogens is 1. The monoisotopic (exact) mass is 284 g/mol. The first-order valence-corrected chi connectivity index (χ1v) is 5.90. The van der Waals surface area contributed by atoms with Crippen molar-refractivity contribution in [1.82, 2.24) is 4.57 Å². The van der Waals surface area contributed by atoms with Crippen molar-refractivity contribution in [2.75, 3.05) is 7.11 Å². The number of carbonyl (C=O) groups is 1. The zero-order valence-corrected chi connectivity index (χ0v) is 11.7. The third-order valence-corrected chi connectivity index (χ3v) is 2.51. The number of carbonyl (C=O) groups excluding carboxylic acids is 1. The summed E-state index contributed by atoms with van der Waals surface area (Å²) in [5.74, 6) is -0.768. The highest BCUT2D eigenvalue weighted by molar-refractivity contribution is 5.69. The van der Waals surface area contributed by atoms with E-state index in [2.05, 4.69) is 4.74 Å². The van der Waals surface area contributed by atoms with Crippen molar-refractivity contribution in [2.45, 2.75) is 33.4 Å². The first-order chi connectivity index (χ1) is 9.27. The number of aryl methyl sites for hydroxylation is 1. The average molecular weight is 284 g/mol.